The third-order valence-electron chi connectivity index (χ3n) is 2.32. The Labute approximate surface area is 89.4 Å². The summed E-state index contributed by atoms with van der Waals surface area (Å²) in [7, 11) is 0. The van der Waals surface area contributed by atoms with Gasteiger partial charge in [0.1, 0.15) is 0 Å². The standard InChI is InChI=1S/C12H26N2/c1-5-8-13-10-12(4)11-14(7-3)9-6-2/h6,12-13H,2,5,7-11H2,1,3-4H3. The van der Waals surface area contributed by atoms with Gasteiger partial charge in [0.25, 0.3) is 0 Å². The van der Waals surface area contributed by atoms with Crippen LogP contribution in [0.4, 0.5) is 0 Å². The van der Waals surface area contributed by atoms with Gasteiger partial charge in [0, 0.05) is 13.1 Å². The van der Waals surface area contributed by atoms with Gasteiger partial charge in [-0.25, -0.2) is 0 Å². The smallest absolute Gasteiger partial charge is 0.0160 e. The van der Waals surface area contributed by atoms with Gasteiger partial charge in [-0.3, -0.25) is 4.90 Å². The van der Waals surface area contributed by atoms with E-state index in [1.807, 2.05) is 6.08 Å². The second-order valence-electron chi connectivity index (χ2n) is 3.95. The van der Waals surface area contributed by atoms with E-state index < -0.39 is 0 Å². The fraction of sp³-hybridized carbons (Fsp3) is 0.833. The minimum absolute atomic E-state index is 0.724. The van der Waals surface area contributed by atoms with Crippen molar-refractivity contribution in [2.45, 2.75) is 27.2 Å². The molecule has 14 heavy (non-hydrogen) atoms. The highest BCUT2D eigenvalue weighted by Gasteiger charge is 2.06. The lowest BCUT2D eigenvalue weighted by Gasteiger charge is -2.23. The van der Waals surface area contributed by atoms with Crippen molar-refractivity contribution in [3.8, 4) is 0 Å². The number of hydrogen-bond acceptors (Lipinski definition) is 2. The van der Waals surface area contributed by atoms with Crippen LogP contribution in [0.1, 0.15) is 27.2 Å². The van der Waals surface area contributed by atoms with Crippen LogP contribution in [-0.4, -0.2) is 37.6 Å². The first-order valence-corrected chi connectivity index (χ1v) is 5.78. The van der Waals surface area contributed by atoms with Crippen molar-refractivity contribution in [3.63, 3.8) is 0 Å². The van der Waals surface area contributed by atoms with Crippen molar-refractivity contribution in [2.75, 3.05) is 32.7 Å². The molecule has 0 amide bonds. The average Bonchev–Trinajstić information content (AvgIpc) is 2.17. The first-order valence-electron chi connectivity index (χ1n) is 5.78. The monoisotopic (exact) mass is 198 g/mol. The van der Waals surface area contributed by atoms with Gasteiger partial charge in [-0.05, 0) is 32.0 Å². The van der Waals surface area contributed by atoms with Gasteiger partial charge in [-0.15, -0.1) is 6.58 Å². The first kappa shape index (κ1) is 13.7. The van der Waals surface area contributed by atoms with E-state index in [9.17, 15) is 0 Å². The Hall–Kier alpha value is -0.340. The molecule has 0 bridgehead atoms. The molecule has 0 aliphatic carbocycles. The summed E-state index contributed by atoms with van der Waals surface area (Å²) in [4.78, 5) is 2.42. The van der Waals surface area contributed by atoms with Crippen LogP contribution in [0.25, 0.3) is 0 Å². The van der Waals surface area contributed by atoms with E-state index in [1.54, 1.807) is 0 Å². The molecule has 1 unspecified atom stereocenters. The maximum Gasteiger partial charge on any atom is 0.0160 e. The van der Waals surface area contributed by atoms with Crippen LogP contribution < -0.4 is 5.32 Å². The molecule has 0 aromatic heterocycles. The van der Waals surface area contributed by atoms with Crippen molar-refractivity contribution < 1.29 is 0 Å². The molecule has 2 nitrogen and oxygen atoms in total. The molecular weight excluding hydrogens is 172 g/mol. The third-order valence-corrected chi connectivity index (χ3v) is 2.32. The molecule has 0 aromatic carbocycles. The second kappa shape index (κ2) is 9.22. The number of hydrogen-bond donors (Lipinski definition) is 1. The molecule has 0 aromatic rings. The Kier molecular flexibility index (Phi) is 9.00. The molecule has 1 N–H and O–H groups in total. The van der Waals surface area contributed by atoms with Crippen LogP contribution in [0.15, 0.2) is 12.7 Å². The molecule has 84 valence electrons. The van der Waals surface area contributed by atoms with Gasteiger partial charge < -0.3 is 5.32 Å². The van der Waals surface area contributed by atoms with Crippen molar-refractivity contribution in [3.05, 3.63) is 12.7 Å². The van der Waals surface area contributed by atoms with Gasteiger partial charge in [0.05, 0.1) is 0 Å². The van der Waals surface area contributed by atoms with Crippen LogP contribution in [0.2, 0.25) is 0 Å². The number of rotatable bonds is 9. The van der Waals surface area contributed by atoms with Gasteiger partial charge in [0.2, 0.25) is 0 Å². The predicted octanol–water partition coefficient (Wildman–Crippen LogP) is 2.13. The van der Waals surface area contributed by atoms with Crippen molar-refractivity contribution in [2.24, 2.45) is 5.92 Å². The number of nitrogens with zero attached hydrogens (tertiary/aromatic N) is 1. The maximum atomic E-state index is 3.77. The molecule has 1 atom stereocenters. The zero-order valence-electron chi connectivity index (χ0n) is 10.1. The Morgan fingerprint density at radius 3 is 2.64 bits per heavy atom. The lowest BCUT2D eigenvalue weighted by Crippen LogP contribution is -2.33. The predicted molar refractivity (Wildman–Crippen MR) is 64.6 cm³/mol. The second-order valence-corrected chi connectivity index (χ2v) is 3.95. The highest BCUT2D eigenvalue weighted by Crippen LogP contribution is 1.98. The summed E-state index contributed by atoms with van der Waals surface area (Å²) in [5.74, 6) is 0.724. The molecule has 0 saturated heterocycles. The van der Waals surface area contributed by atoms with Crippen molar-refractivity contribution in [1.29, 1.82) is 0 Å². The van der Waals surface area contributed by atoms with Crippen molar-refractivity contribution in [1.82, 2.24) is 10.2 Å². The Morgan fingerprint density at radius 2 is 2.14 bits per heavy atom. The third kappa shape index (κ3) is 7.10. The zero-order valence-corrected chi connectivity index (χ0v) is 10.1. The molecule has 0 aliphatic rings. The fourth-order valence-electron chi connectivity index (χ4n) is 1.55. The Bertz CT molecular complexity index is 134. The summed E-state index contributed by atoms with van der Waals surface area (Å²) < 4.78 is 0. The number of likely N-dealkylation sites (N-methyl/N-ethyl adjacent to an activating group) is 1. The van der Waals surface area contributed by atoms with E-state index in [0.29, 0.717) is 0 Å². The van der Waals surface area contributed by atoms with E-state index in [0.717, 1.165) is 32.1 Å². The lowest BCUT2D eigenvalue weighted by atomic mass is 10.1. The zero-order chi connectivity index (χ0) is 10.8. The molecule has 0 heterocycles. The quantitative estimate of drug-likeness (QED) is 0.451. The van der Waals surface area contributed by atoms with Crippen LogP contribution in [0.5, 0.6) is 0 Å². The van der Waals surface area contributed by atoms with E-state index in [-0.39, 0.29) is 0 Å². The molecular formula is C12H26N2. The fourth-order valence-corrected chi connectivity index (χ4v) is 1.55. The maximum absolute atomic E-state index is 3.77. The SMILES string of the molecule is C=CCN(CC)CC(C)CNCCC. The number of nitrogens with one attached hydrogen (secondary N) is 1. The van der Waals surface area contributed by atoms with Gasteiger partial charge in [-0.1, -0.05) is 26.8 Å². The minimum atomic E-state index is 0.724. The first-order chi connectivity index (χ1) is 6.74. The van der Waals surface area contributed by atoms with E-state index >= 15 is 0 Å². The molecule has 0 saturated carbocycles. The summed E-state index contributed by atoms with van der Waals surface area (Å²) in [5.41, 5.74) is 0. The van der Waals surface area contributed by atoms with Crippen LogP contribution in [0.3, 0.4) is 0 Å². The van der Waals surface area contributed by atoms with Gasteiger partial charge in [-0.2, -0.15) is 0 Å². The van der Waals surface area contributed by atoms with Crippen LogP contribution in [-0.2, 0) is 0 Å². The minimum Gasteiger partial charge on any atom is -0.316 e. The Balaban J connectivity index is 3.55. The summed E-state index contributed by atoms with van der Waals surface area (Å²) in [6, 6.07) is 0. The van der Waals surface area contributed by atoms with Crippen LogP contribution in [0, 0.1) is 5.92 Å². The molecule has 2 heteroatoms. The Morgan fingerprint density at radius 1 is 1.43 bits per heavy atom. The van der Waals surface area contributed by atoms with Gasteiger partial charge >= 0.3 is 0 Å². The average molecular weight is 198 g/mol. The van der Waals surface area contributed by atoms with Crippen molar-refractivity contribution >= 4 is 0 Å². The van der Waals surface area contributed by atoms with Gasteiger partial charge in [0.15, 0.2) is 0 Å². The topological polar surface area (TPSA) is 15.3 Å². The molecule has 0 fully saturated rings. The highest BCUT2D eigenvalue weighted by molar-refractivity contribution is 4.74. The lowest BCUT2D eigenvalue weighted by molar-refractivity contribution is 0.269. The molecule has 0 aliphatic heterocycles. The van der Waals surface area contributed by atoms with E-state index in [4.69, 9.17) is 0 Å². The normalized spacial score (nSPS) is 13.1. The van der Waals surface area contributed by atoms with Crippen LogP contribution >= 0.6 is 0 Å². The summed E-state index contributed by atoms with van der Waals surface area (Å²) in [6.07, 6.45) is 3.20. The highest BCUT2D eigenvalue weighted by atomic mass is 15.1. The molecule has 0 rings (SSSR count). The molecule has 0 spiro atoms. The largest absolute Gasteiger partial charge is 0.316 e. The summed E-state index contributed by atoms with van der Waals surface area (Å²) >= 11 is 0. The molecule has 0 radical (unpaired) electrons. The van der Waals surface area contributed by atoms with E-state index in [2.05, 4.69) is 37.6 Å². The summed E-state index contributed by atoms with van der Waals surface area (Å²) in [5, 5.41) is 3.45. The van der Waals surface area contributed by atoms with E-state index in [1.165, 1.54) is 13.0 Å². The summed E-state index contributed by atoms with van der Waals surface area (Å²) in [6.45, 7) is 16.0.